The van der Waals surface area contributed by atoms with E-state index >= 15 is 0 Å². The molecule has 14 aromatic rings. The van der Waals surface area contributed by atoms with Crippen LogP contribution < -0.4 is 0 Å². The number of hydrogen-bond acceptors (Lipinski definition) is 1. The fraction of sp³-hybridized carbons (Fsp3) is 0. The van der Waals surface area contributed by atoms with Crippen LogP contribution in [0.25, 0.3) is 126 Å². The van der Waals surface area contributed by atoms with Gasteiger partial charge in [-0.1, -0.05) is 140 Å². The number of para-hydroxylation sites is 3. The maximum absolute atomic E-state index is 4.98. The van der Waals surface area contributed by atoms with Gasteiger partial charge in [-0.3, -0.25) is 0 Å². The molecule has 0 spiro atoms. The predicted octanol–water partition coefficient (Wildman–Crippen LogP) is 16.0. The van der Waals surface area contributed by atoms with Crippen molar-refractivity contribution in [2.45, 2.75) is 0 Å². The Labute approximate surface area is 374 Å². The number of hydrogen-bond donors (Lipinski definition) is 0. The smallest absolute Gasteiger partial charge is 0.0762 e. The van der Waals surface area contributed by atoms with Crippen LogP contribution in [0.5, 0.6) is 0 Å². The van der Waals surface area contributed by atoms with E-state index in [0.717, 1.165) is 39.0 Å². The first kappa shape index (κ1) is 35.8. The summed E-state index contributed by atoms with van der Waals surface area (Å²) >= 11 is 0. The zero-order valence-corrected chi connectivity index (χ0v) is 35.2. The van der Waals surface area contributed by atoms with Gasteiger partial charge in [-0.25, -0.2) is 4.68 Å². The van der Waals surface area contributed by atoms with E-state index in [9.17, 15) is 0 Å². The molecule has 14 rings (SSSR count). The van der Waals surface area contributed by atoms with E-state index in [1.165, 1.54) is 87.1 Å². The molecule has 3 heterocycles. The number of nitrogens with zero attached hydrogens (tertiary/aromatic N) is 4. The van der Waals surface area contributed by atoms with Crippen molar-refractivity contribution in [1.29, 1.82) is 0 Å². The quantitative estimate of drug-likeness (QED) is 0.159. The van der Waals surface area contributed by atoms with Crippen LogP contribution in [0.2, 0.25) is 0 Å². The highest BCUT2D eigenvalue weighted by Crippen LogP contribution is 2.42. The van der Waals surface area contributed by atoms with Crippen molar-refractivity contribution < 1.29 is 0 Å². The van der Waals surface area contributed by atoms with Crippen LogP contribution in [0, 0.1) is 0 Å². The standard InChI is InChI=1S/C61H38N4/c1-3-13-43(14-4-1)63-57-22-12-11-21-51(57)54-36-41(26-32-58(54)63)42-27-33-59-55(37-42)52-31-34-60-56(38-62-65(60)45-15-5-2-6-16-45)61(52)64(59)44-28-23-39(24-29-44)40-25-30-50-48-19-8-7-17-46(48)47-18-9-10-20-49(47)53(50)35-40/h1-38H. The average Bonchev–Trinajstić information content (AvgIpc) is 4.07. The molecule has 0 saturated carbocycles. The maximum atomic E-state index is 4.98. The summed E-state index contributed by atoms with van der Waals surface area (Å²) in [5, 5.41) is 18.7. The number of fused-ring (bicyclic) bond motifs is 14. The molecular formula is C61H38N4. The van der Waals surface area contributed by atoms with E-state index < -0.39 is 0 Å². The van der Waals surface area contributed by atoms with Gasteiger partial charge in [0.25, 0.3) is 0 Å². The predicted molar refractivity (Wildman–Crippen MR) is 273 cm³/mol. The van der Waals surface area contributed by atoms with Crippen LogP contribution in [0.4, 0.5) is 0 Å². The van der Waals surface area contributed by atoms with Gasteiger partial charge < -0.3 is 9.13 Å². The number of rotatable bonds is 5. The van der Waals surface area contributed by atoms with E-state index in [1.54, 1.807) is 0 Å². The molecule has 65 heavy (non-hydrogen) atoms. The molecule has 11 aromatic carbocycles. The maximum Gasteiger partial charge on any atom is 0.0762 e. The molecule has 0 aliphatic rings. The summed E-state index contributed by atoms with van der Waals surface area (Å²) in [6.45, 7) is 0. The highest BCUT2D eigenvalue weighted by molar-refractivity contribution is 6.26. The van der Waals surface area contributed by atoms with Gasteiger partial charge in [-0.15, -0.1) is 0 Å². The van der Waals surface area contributed by atoms with Crippen molar-refractivity contribution in [2.75, 3.05) is 0 Å². The van der Waals surface area contributed by atoms with Crippen LogP contribution in [-0.4, -0.2) is 18.9 Å². The minimum atomic E-state index is 1.04. The van der Waals surface area contributed by atoms with Crippen LogP contribution >= 0.6 is 0 Å². The van der Waals surface area contributed by atoms with Crippen LogP contribution in [0.3, 0.4) is 0 Å². The Morgan fingerprint density at radius 2 is 0.677 bits per heavy atom. The fourth-order valence-corrected chi connectivity index (χ4v) is 10.7. The van der Waals surface area contributed by atoms with E-state index in [-0.39, 0.29) is 0 Å². The summed E-state index contributed by atoms with van der Waals surface area (Å²) in [4.78, 5) is 0. The van der Waals surface area contributed by atoms with Crippen LogP contribution in [-0.2, 0) is 0 Å². The fourth-order valence-electron chi connectivity index (χ4n) is 10.7. The van der Waals surface area contributed by atoms with Gasteiger partial charge in [0.2, 0.25) is 0 Å². The Balaban J connectivity index is 0.945. The molecule has 4 nitrogen and oxygen atoms in total. The first-order valence-electron chi connectivity index (χ1n) is 22.3. The Bertz CT molecular complexity index is 4180. The molecule has 0 saturated heterocycles. The van der Waals surface area contributed by atoms with E-state index in [0.29, 0.717) is 0 Å². The third kappa shape index (κ3) is 5.35. The molecule has 0 aliphatic carbocycles. The average molecular weight is 827 g/mol. The normalized spacial score (nSPS) is 12.0. The summed E-state index contributed by atoms with van der Waals surface area (Å²) in [5.74, 6) is 0. The van der Waals surface area contributed by atoms with E-state index in [2.05, 4.69) is 232 Å². The molecule has 3 aromatic heterocycles. The molecule has 0 aliphatic heterocycles. The molecule has 0 fully saturated rings. The third-order valence-electron chi connectivity index (χ3n) is 13.7. The van der Waals surface area contributed by atoms with E-state index in [1.807, 2.05) is 12.3 Å². The lowest BCUT2D eigenvalue weighted by molar-refractivity contribution is 0.911. The lowest BCUT2D eigenvalue weighted by atomic mass is 9.92. The van der Waals surface area contributed by atoms with Gasteiger partial charge in [0.1, 0.15) is 0 Å². The molecule has 0 radical (unpaired) electrons. The molecule has 0 unspecified atom stereocenters. The van der Waals surface area contributed by atoms with Crippen molar-refractivity contribution in [1.82, 2.24) is 18.9 Å². The van der Waals surface area contributed by atoms with Gasteiger partial charge in [0.05, 0.1) is 39.5 Å². The Hall–Kier alpha value is -8.73. The Kier molecular flexibility index (Phi) is 7.65. The van der Waals surface area contributed by atoms with E-state index in [4.69, 9.17) is 5.10 Å². The SMILES string of the molecule is c1ccc(-n2ncc3c2ccc2c4cc(-c5ccc6c(c5)c5ccccc5n6-c5ccccc5)ccc4n(-c4ccc(-c5ccc6c7ccccc7c7ccccc7c6c5)cc4)c23)cc1. The minimum absolute atomic E-state index is 1.04. The van der Waals surface area contributed by atoms with Gasteiger partial charge in [0.15, 0.2) is 0 Å². The second-order valence-corrected chi connectivity index (χ2v) is 17.2. The topological polar surface area (TPSA) is 27.7 Å². The number of aromatic nitrogens is 4. The van der Waals surface area contributed by atoms with Gasteiger partial charge in [-0.05, 0) is 140 Å². The van der Waals surface area contributed by atoms with Gasteiger partial charge >= 0.3 is 0 Å². The zero-order valence-electron chi connectivity index (χ0n) is 35.2. The monoisotopic (exact) mass is 826 g/mol. The third-order valence-corrected chi connectivity index (χ3v) is 13.7. The second kappa shape index (κ2) is 13.9. The Morgan fingerprint density at radius 1 is 0.246 bits per heavy atom. The van der Waals surface area contributed by atoms with Gasteiger partial charge in [-0.2, -0.15) is 5.10 Å². The molecule has 0 bridgehead atoms. The molecule has 4 heteroatoms. The van der Waals surface area contributed by atoms with Gasteiger partial charge in [0, 0.05) is 38.3 Å². The number of benzene rings is 11. The first-order valence-corrected chi connectivity index (χ1v) is 22.3. The highest BCUT2D eigenvalue weighted by atomic mass is 15.3. The van der Waals surface area contributed by atoms with Crippen LogP contribution in [0.15, 0.2) is 231 Å². The van der Waals surface area contributed by atoms with Crippen LogP contribution in [0.1, 0.15) is 0 Å². The minimum Gasteiger partial charge on any atom is -0.309 e. The lowest BCUT2D eigenvalue weighted by Crippen LogP contribution is -1.96. The first-order chi connectivity index (χ1) is 32.2. The summed E-state index contributed by atoms with van der Waals surface area (Å²) in [6, 6.07) is 81.9. The largest absolute Gasteiger partial charge is 0.309 e. The molecule has 0 atom stereocenters. The van der Waals surface area contributed by atoms with Crippen molar-refractivity contribution in [2.24, 2.45) is 0 Å². The summed E-state index contributed by atoms with van der Waals surface area (Å²) in [7, 11) is 0. The Morgan fingerprint density at radius 3 is 1.35 bits per heavy atom. The zero-order chi connectivity index (χ0) is 42.6. The molecule has 0 N–H and O–H groups in total. The summed E-state index contributed by atoms with van der Waals surface area (Å²) in [6.07, 6.45) is 2.04. The lowest BCUT2D eigenvalue weighted by Gasteiger charge is -2.13. The highest BCUT2D eigenvalue weighted by Gasteiger charge is 2.20. The van der Waals surface area contributed by atoms with Crippen molar-refractivity contribution in [3.63, 3.8) is 0 Å². The second-order valence-electron chi connectivity index (χ2n) is 17.2. The summed E-state index contributed by atoms with van der Waals surface area (Å²) < 4.78 is 6.87. The van der Waals surface area contributed by atoms with Crippen molar-refractivity contribution in [3.8, 4) is 39.3 Å². The van der Waals surface area contributed by atoms with Crippen molar-refractivity contribution >= 4 is 86.8 Å². The molecule has 0 amide bonds. The van der Waals surface area contributed by atoms with Crippen molar-refractivity contribution in [3.05, 3.63) is 231 Å². The molecular weight excluding hydrogens is 789 g/mol. The summed E-state index contributed by atoms with van der Waals surface area (Å²) in [5.41, 5.74) is 13.8. The molecule has 302 valence electrons.